The molecule has 0 aliphatic heterocycles. The third-order valence-corrected chi connectivity index (χ3v) is 4.56. The zero-order valence-corrected chi connectivity index (χ0v) is 13.2. The molecule has 2 aromatic carbocycles. The zero-order chi connectivity index (χ0) is 14.7. The summed E-state index contributed by atoms with van der Waals surface area (Å²) in [7, 11) is 0. The van der Waals surface area contributed by atoms with Gasteiger partial charge in [0, 0.05) is 0 Å². The van der Waals surface area contributed by atoms with E-state index in [4.69, 9.17) is 0 Å². The number of hydrogen-bond acceptors (Lipinski definition) is 1. The molecule has 0 saturated carbocycles. The van der Waals surface area contributed by atoms with Crippen molar-refractivity contribution >= 4 is 0 Å². The maximum absolute atomic E-state index is 3.66. The average Bonchev–Trinajstić information content (AvgIpc) is 3.00. The fourth-order valence-electron chi connectivity index (χ4n) is 3.40. The third kappa shape index (κ3) is 3.03. The summed E-state index contributed by atoms with van der Waals surface area (Å²) < 4.78 is 0. The first-order valence-corrected chi connectivity index (χ1v) is 8.25. The lowest BCUT2D eigenvalue weighted by atomic mass is 9.94. The smallest absolute Gasteiger partial charge is 0.0576 e. The summed E-state index contributed by atoms with van der Waals surface area (Å²) in [6.07, 6.45) is 4.91. The van der Waals surface area contributed by atoms with Gasteiger partial charge in [-0.05, 0) is 60.0 Å². The normalized spacial score (nSPS) is 15.0. The van der Waals surface area contributed by atoms with Gasteiger partial charge in [-0.1, -0.05) is 56.3 Å². The van der Waals surface area contributed by atoms with Crippen molar-refractivity contribution in [2.75, 3.05) is 6.54 Å². The van der Waals surface area contributed by atoms with E-state index >= 15 is 0 Å². The van der Waals surface area contributed by atoms with Gasteiger partial charge in [-0.3, -0.25) is 0 Å². The van der Waals surface area contributed by atoms with Crippen LogP contribution < -0.4 is 5.32 Å². The molecule has 1 nitrogen and oxygen atoms in total. The fourth-order valence-corrected chi connectivity index (χ4v) is 3.40. The van der Waals surface area contributed by atoms with Crippen molar-refractivity contribution in [3.8, 4) is 0 Å². The maximum atomic E-state index is 3.66. The molecule has 3 rings (SSSR count). The Morgan fingerprint density at radius 1 is 0.952 bits per heavy atom. The largest absolute Gasteiger partial charge is 0.307 e. The number of rotatable bonds is 5. The van der Waals surface area contributed by atoms with Gasteiger partial charge in [0.15, 0.2) is 0 Å². The lowest BCUT2D eigenvalue weighted by Gasteiger charge is -2.20. The molecule has 0 spiro atoms. The maximum Gasteiger partial charge on any atom is 0.0576 e. The number of benzene rings is 2. The van der Waals surface area contributed by atoms with Crippen molar-refractivity contribution in [1.82, 2.24) is 5.32 Å². The predicted molar refractivity (Wildman–Crippen MR) is 89.8 cm³/mol. The van der Waals surface area contributed by atoms with E-state index in [1.54, 1.807) is 11.1 Å². The monoisotopic (exact) mass is 279 g/mol. The molecule has 0 radical (unpaired) electrons. The molecule has 0 heterocycles. The summed E-state index contributed by atoms with van der Waals surface area (Å²) in [5.74, 6) is 0. The van der Waals surface area contributed by atoms with Crippen LogP contribution >= 0.6 is 0 Å². The van der Waals surface area contributed by atoms with Gasteiger partial charge < -0.3 is 5.32 Å². The molecule has 1 unspecified atom stereocenters. The fraction of sp³-hybridized carbons (Fsp3) is 0.400. The lowest BCUT2D eigenvalue weighted by Crippen LogP contribution is -2.22. The summed E-state index contributed by atoms with van der Waals surface area (Å²) in [6, 6.07) is 16.4. The van der Waals surface area contributed by atoms with Crippen LogP contribution in [0, 0.1) is 0 Å². The minimum absolute atomic E-state index is 0.312. The Bertz CT molecular complexity index is 615. The lowest BCUT2D eigenvalue weighted by molar-refractivity contribution is 0.629. The van der Waals surface area contributed by atoms with Gasteiger partial charge in [0.25, 0.3) is 0 Å². The second-order valence-corrected chi connectivity index (χ2v) is 5.97. The van der Waals surface area contributed by atoms with E-state index in [0.717, 1.165) is 13.0 Å². The third-order valence-electron chi connectivity index (χ3n) is 4.56. The van der Waals surface area contributed by atoms with Crippen LogP contribution in [0.25, 0.3) is 0 Å². The Morgan fingerprint density at radius 3 is 2.57 bits per heavy atom. The number of fused-ring (bicyclic) bond motifs is 1. The molecular weight excluding hydrogens is 254 g/mol. The molecule has 0 aromatic heterocycles. The minimum Gasteiger partial charge on any atom is -0.307 e. The summed E-state index contributed by atoms with van der Waals surface area (Å²) >= 11 is 0. The predicted octanol–water partition coefficient (Wildman–Crippen LogP) is 4.44. The number of aryl methyl sites for hydroxylation is 3. The van der Waals surface area contributed by atoms with E-state index in [0.29, 0.717) is 6.04 Å². The zero-order valence-electron chi connectivity index (χ0n) is 13.2. The first-order valence-electron chi connectivity index (χ1n) is 8.25. The van der Waals surface area contributed by atoms with E-state index in [1.807, 2.05) is 0 Å². The molecule has 1 aliphatic carbocycles. The first-order chi connectivity index (χ1) is 10.3. The minimum atomic E-state index is 0.312. The van der Waals surface area contributed by atoms with Gasteiger partial charge in [-0.15, -0.1) is 0 Å². The Labute approximate surface area is 128 Å². The van der Waals surface area contributed by atoms with Crippen LogP contribution in [0.15, 0.2) is 42.5 Å². The van der Waals surface area contributed by atoms with Crippen LogP contribution in [0.3, 0.4) is 0 Å². The Hall–Kier alpha value is -1.60. The highest BCUT2D eigenvalue weighted by Gasteiger charge is 2.17. The molecular formula is C20H25N. The van der Waals surface area contributed by atoms with Crippen LogP contribution in [0.2, 0.25) is 0 Å². The molecule has 110 valence electrons. The highest BCUT2D eigenvalue weighted by atomic mass is 14.9. The van der Waals surface area contributed by atoms with Crippen molar-refractivity contribution in [3.05, 3.63) is 70.3 Å². The average molecular weight is 279 g/mol. The van der Waals surface area contributed by atoms with Crippen LogP contribution in [0.4, 0.5) is 0 Å². The molecule has 1 N–H and O–H groups in total. The second-order valence-electron chi connectivity index (χ2n) is 5.97. The van der Waals surface area contributed by atoms with Gasteiger partial charge in [0.1, 0.15) is 0 Å². The summed E-state index contributed by atoms with van der Waals surface area (Å²) in [5.41, 5.74) is 7.31. The molecule has 0 fully saturated rings. The topological polar surface area (TPSA) is 12.0 Å². The quantitative estimate of drug-likeness (QED) is 0.853. The number of nitrogens with one attached hydrogen (secondary N) is 1. The highest BCUT2D eigenvalue weighted by Crippen LogP contribution is 2.29. The van der Waals surface area contributed by atoms with Gasteiger partial charge >= 0.3 is 0 Å². The van der Waals surface area contributed by atoms with Crippen LogP contribution in [-0.2, 0) is 19.3 Å². The summed E-state index contributed by atoms with van der Waals surface area (Å²) in [6.45, 7) is 5.39. The first kappa shape index (κ1) is 14.3. The summed E-state index contributed by atoms with van der Waals surface area (Å²) in [4.78, 5) is 0. The Morgan fingerprint density at radius 2 is 1.76 bits per heavy atom. The van der Waals surface area contributed by atoms with Gasteiger partial charge in [-0.2, -0.15) is 0 Å². The molecule has 21 heavy (non-hydrogen) atoms. The SMILES string of the molecule is CCNC(c1cccc(CC)c1)c1ccc2c(c1)CCC2. The van der Waals surface area contributed by atoms with Crippen molar-refractivity contribution in [3.63, 3.8) is 0 Å². The molecule has 1 aliphatic rings. The van der Waals surface area contributed by atoms with Crippen LogP contribution in [0.1, 0.15) is 54.1 Å². The molecule has 0 bridgehead atoms. The van der Waals surface area contributed by atoms with Gasteiger partial charge in [-0.25, -0.2) is 0 Å². The molecule has 2 aromatic rings. The number of hydrogen-bond donors (Lipinski definition) is 1. The van der Waals surface area contributed by atoms with Crippen LogP contribution in [-0.4, -0.2) is 6.54 Å². The Kier molecular flexibility index (Phi) is 4.40. The second kappa shape index (κ2) is 6.44. The molecule has 1 atom stereocenters. The van der Waals surface area contributed by atoms with E-state index in [9.17, 15) is 0 Å². The standard InChI is InChI=1S/C20H25N/c1-3-15-7-5-10-18(13-15)20(21-4-2)19-12-11-16-8-6-9-17(16)14-19/h5,7,10-14,20-21H,3-4,6,8-9H2,1-2H3. The van der Waals surface area contributed by atoms with Crippen molar-refractivity contribution in [1.29, 1.82) is 0 Å². The van der Waals surface area contributed by atoms with E-state index in [2.05, 4.69) is 61.6 Å². The summed E-state index contributed by atoms with van der Waals surface area (Å²) in [5, 5.41) is 3.66. The van der Waals surface area contributed by atoms with E-state index in [-0.39, 0.29) is 0 Å². The van der Waals surface area contributed by atoms with Crippen molar-refractivity contribution < 1.29 is 0 Å². The van der Waals surface area contributed by atoms with Gasteiger partial charge in [0.05, 0.1) is 6.04 Å². The highest BCUT2D eigenvalue weighted by molar-refractivity contribution is 5.41. The molecule has 0 saturated heterocycles. The van der Waals surface area contributed by atoms with Crippen molar-refractivity contribution in [2.24, 2.45) is 0 Å². The molecule has 1 heteroatoms. The van der Waals surface area contributed by atoms with E-state index in [1.165, 1.54) is 36.0 Å². The van der Waals surface area contributed by atoms with Gasteiger partial charge in [0.2, 0.25) is 0 Å². The molecule has 0 amide bonds. The van der Waals surface area contributed by atoms with Crippen LogP contribution in [0.5, 0.6) is 0 Å². The van der Waals surface area contributed by atoms with E-state index < -0.39 is 0 Å². The van der Waals surface area contributed by atoms with Crippen molar-refractivity contribution in [2.45, 2.75) is 45.6 Å². The Balaban J connectivity index is 1.97.